The van der Waals surface area contributed by atoms with Crippen molar-refractivity contribution in [3.8, 4) is 0 Å². The van der Waals surface area contributed by atoms with Crippen LogP contribution in [0.4, 0.5) is 0 Å². The lowest BCUT2D eigenvalue weighted by Crippen LogP contribution is -2.32. The second kappa shape index (κ2) is 9.63. The number of carboxylic acids is 1. The number of pyridine rings is 1. The Bertz CT molecular complexity index is 325. The van der Waals surface area contributed by atoms with E-state index in [0.29, 0.717) is 0 Å². The van der Waals surface area contributed by atoms with Crippen molar-refractivity contribution in [2.45, 2.75) is 57.9 Å². The Morgan fingerprint density at radius 1 is 0.833 bits per heavy atom. The van der Waals surface area contributed by atoms with Crippen molar-refractivity contribution in [2.24, 2.45) is 0 Å². The van der Waals surface area contributed by atoms with Crippen molar-refractivity contribution in [3.05, 3.63) is 30.6 Å². The zero-order valence-electron chi connectivity index (χ0n) is 11.0. The number of carboxylic acid groups (broad SMARTS) is 1. The number of nitrogens with zero attached hydrogens (tertiary/aromatic N) is 1. The predicted molar refractivity (Wildman–Crippen MR) is 68.6 cm³/mol. The normalized spacial score (nSPS) is 10.4. The summed E-state index contributed by atoms with van der Waals surface area (Å²) in [5.41, 5.74) is 0. The molecule has 0 aliphatic heterocycles. The molecule has 0 N–H and O–H groups in total. The molecule has 0 aromatic carbocycles. The predicted octanol–water partition coefficient (Wildman–Crippen LogP) is 1.84. The molecule has 1 aromatic rings. The SMILES string of the molecule is O=C([O-])CCCCCCCCC[n+]1ccccc1. The summed E-state index contributed by atoms with van der Waals surface area (Å²) in [5, 5.41) is 10.2. The molecule has 3 heteroatoms. The van der Waals surface area contributed by atoms with E-state index in [4.69, 9.17) is 0 Å². The van der Waals surface area contributed by atoms with E-state index in [-0.39, 0.29) is 6.42 Å². The van der Waals surface area contributed by atoms with E-state index in [9.17, 15) is 9.90 Å². The molecule has 0 spiro atoms. The second-order valence-corrected chi connectivity index (χ2v) is 4.71. The molecule has 0 saturated carbocycles. The van der Waals surface area contributed by atoms with Crippen LogP contribution < -0.4 is 9.67 Å². The lowest BCUT2D eigenvalue weighted by Gasteiger charge is -2.02. The fourth-order valence-electron chi connectivity index (χ4n) is 2.03. The Hall–Kier alpha value is -1.38. The van der Waals surface area contributed by atoms with Crippen molar-refractivity contribution in [1.29, 1.82) is 0 Å². The van der Waals surface area contributed by atoms with Crippen molar-refractivity contribution in [3.63, 3.8) is 0 Å². The Kier molecular flexibility index (Phi) is 7.85. The maximum atomic E-state index is 10.2. The fraction of sp³-hybridized carbons (Fsp3) is 0.600. The zero-order valence-corrected chi connectivity index (χ0v) is 11.0. The van der Waals surface area contributed by atoms with E-state index in [1.165, 1.54) is 25.7 Å². The van der Waals surface area contributed by atoms with Crippen LogP contribution in [0.15, 0.2) is 30.6 Å². The number of hydrogen-bond acceptors (Lipinski definition) is 2. The van der Waals surface area contributed by atoms with Gasteiger partial charge in [0.05, 0.1) is 0 Å². The van der Waals surface area contributed by atoms with E-state index < -0.39 is 5.97 Å². The van der Waals surface area contributed by atoms with Crippen LogP contribution in [-0.4, -0.2) is 5.97 Å². The molecule has 1 aromatic heterocycles. The molecule has 0 radical (unpaired) electrons. The Balaban J connectivity index is 1.86. The molecule has 0 unspecified atom stereocenters. The third kappa shape index (κ3) is 7.82. The van der Waals surface area contributed by atoms with Gasteiger partial charge in [-0.2, -0.15) is 0 Å². The molecule has 100 valence electrons. The summed E-state index contributed by atoms with van der Waals surface area (Å²) in [4.78, 5) is 10.2. The van der Waals surface area contributed by atoms with Crippen LogP contribution in [0.2, 0.25) is 0 Å². The van der Waals surface area contributed by atoms with Gasteiger partial charge in [0.25, 0.3) is 0 Å². The lowest BCUT2D eigenvalue weighted by atomic mass is 10.1. The first kappa shape index (κ1) is 14.7. The number of aryl methyl sites for hydroxylation is 1. The van der Waals surface area contributed by atoms with Gasteiger partial charge in [-0.3, -0.25) is 0 Å². The summed E-state index contributed by atoms with van der Waals surface area (Å²) in [5.74, 6) is -0.921. The van der Waals surface area contributed by atoms with Gasteiger partial charge in [0.15, 0.2) is 12.4 Å². The van der Waals surface area contributed by atoms with Crippen LogP contribution in [0.5, 0.6) is 0 Å². The molecule has 0 amide bonds. The minimum absolute atomic E-state index is 0.213. The van der Waals surface area contributed by atoms with Crippen molar-refractivity contribution >= 4 is 5.97 Å². The second-order valence-electron chi connectivity index (χ2n) is 4.71. The number of unbranched alkanes of at least 4 members (excludes halogenated alkanes) is 6. The van der Waals surface area contributed by atoms with Crippen LogP contribution in [0.1, 0.15) is 51.4 Å². The molecule has 18 heavy (non-hydrogen) atoms. The van der Waals surface area contributed by atoms with E-state index in [0.717, 1.165) is 25.8 Å². The van der Waals surface area contributed by atoms with Gasteiger partial charge in [0.2, 0.25) is 0 Å². The number of rotatable bonds is 10. The van der Waals surface area contributed by atoms with Gasteiger partial charge < -0.3 is 9.90 Å². The van der Waals surface area contributed by atoms with E-state index in [1.54, 1.807) is 0 Å². The third-order valence-corrected chi connectivity index (χ3v) is 3.07. The third-order valence-electron chi connectivity index (χ3n) is 3.07. The first-order valence-electron chi connectivity index (χ1n) is 6.93. The van der Waals surface area contributed by atoms with Gasteiger partial charge in [-0.25, -0.2) is 4.57 Å². The summed E-state index contributed by atoms with van der Waals surface area (Å²) < 4.78 is 2.21. The molecule has 1 rings (SSSR count). The molecule has 0 bridgehead atoms. The number of aromatic nitrogens is 1. The summed E-state index contributed by atoms with van der Waals surface area (Å²) >= 11 is 0. The Morgan fingerprint density at radius 3 is 2.00 bits per heavy atom. The average molecular weight is 249 g/mol. The summed E-state index contributed by atoms with van der Waals surface area (Å²) in [6.45, 7) is 1.09. The molecule has 0 aliphatic carbocycles. The maximum absolute atomic E-state index is 10.2. The van der Waals surface area contributed by atoms with Crippen molar-refractivity contribution < 1.29 is 14.5 Å². The van der Waals surface area contributed by atoms with Crippen LogP contribution in [-0.2, 0) is 11.3 Å². The van der Waals surface area contributed by atoms with Gasteiger partial charge in [-0.05, 0) is 19.3 Å². The zero-order chi connectivity index (χ0) is 13.1. The first-order chi connectivity index (χ1) is 8.79. The molecule has 3 nitrogen and oxygen atoms in total. The van der Waals surface area contributed by atoms with Crippen LogP contribution in [0, 0.1) is 0 Å². The average Bonchev–Trinajstić information content (AvgIpc) is 2.37. The number of carbonyl (C=O) groups is 1. The van der Waals surface area contributed by atoms with Gasteiger partial charge in [0, 0.05) is 24.5 Å². The van der Waals surface area contributed by atoms with E-state index in [1.807, 2.05) is 6.07 Å². The number of hydrogen-bond donors (Lipinski definition) is 0. The van der Waals surface area contributed by atoms with E-state index in [2.05, 4.69) is 29.1 Å². The van der Waals surface area contributed by atoms with Gasteiger partial charge in [-0.15, -0.1) is 0 Å². The highest BCUT2D eigenvalue weighted by molar-refractivity contribution is 5.63. The highest BCUT2D eigenvalue weighted by Crippen LogP contribution is 2.08. The van der Waals surface area contributed by atoms with Crippen LogP contribution >= 0.6 is 0 Å². The first-order valence-corrected chi connectivity index (χ1v) is 6.93. The minimum atomic E-state index is -0.921. The van der Waals surface area contributed by atoms with E-state index >= 15 is 0 Å². The van der Waals surface area contributed by atoms with Crippen LogP contribution in [0.25, 0.3) is 0 Å². The summed E-state index contributed by atoms with van der Waals surface area (Å²) in [6.07, 6.45) is 12.3. The quantitative estimate of drug-likeness (QED) is 0.469. The molecular formula is C15H23NO2. The number of aliphatic carboxylic acids is 1. The lowest BCUT2D eigenvalue weighted by molar-refractivity contribution is -0.697. The summed E-state index contributed by atoms with van der Waals surface area (Å²) in [7, 11) is 0. The Labute approximate surface area is 109 Å². The minimum Gasteiger partial charge on any atom is -0.550 e. The Morgan fingerprint density at radius 2 is 1.39 bits per heavy atom. The van der Waals surface area contributed by atoms with Crippen molar-refractivity contribution in [2.75, 3.05) is 0 Å². The van der Waals surface area contributed by atoms with Gasteiger partial charge >= 0.3 is 0 Å². The maximum Gasteiger partial charge on any atom is 0.168 e. The van der Waals surface area contributed by atoms with Crippen molar-refractivity contribution in [1.82, 2.24) is 0 Å². The molecule has 0 aliphatic rings. The topological polar surface area (TPSA) is 44.0 Å². The molecule has 1 heterocycles. The number of carbonyl (C=O) groups excluding carboxylic acids is 1. The smallest absolute Gasteiger partial charge is 0.168 e. The highest BCUT2D eigenvalue weighted by Gasteiger charge is 1.97. The monoisotopic (exact) mass is 249 g/mol. The molecular weight excluding hydrogens is 226 g/mol. The van der Waals surface area contributed by atoms with Gasteiger partial charge in [-0.1, -0.05) is 31.7 Å². The molecule has 0 saturated heterocycles. The van der Waals surface area contributed by atoms with Gasteiger partial charge in [0.1, 0.15) is 6.54 Å². The highest BCUT2D eigenvalue weighted by atomic mass is 16.4. The standard InChI is InChI=1S/C15H23NO2/c17-15(18)11-7-4-2-1-3-5-8-12-16-13-9-6-10-14-16/h6,9-10,13-14H,1-5,7-8,11-12H2. The van der Waals surface area contributed by atoms with Crippen LogP contribution in [0.3, 0.4) is 0 Å². The fourth-order valence-corrected chi connectivity index (χ4v) is 2.03. The molecule has 0 fully saturated rings. The molecule has 0 atom stereocenters. The largest absolute Gasteiger partial charge is 0.550 e. The summed E-state index contributed by atoms with van der Waals surface area (Å²) in [6, 6.07) is 6.14.